The minimum Gasteiger partial charge on any atom is -0.486 e. The number of amides is 1. The van der Waals surface area contributed by atoms with E-state index in [2.05, 4.69) is 31.6 Å². The highest BCUT2D eigenvalue weighted by atomic mass is 79.9. The van der Waals surface area contributed by atoms with Crippen LogP contribution in [-0.4, -0.2) is 34.1 Å². The van der Waals surface area contributed by atoms with Crippen LogP contribution in [0.5, 0.6) is 11.5 Å². The van der Waals surface area contributed by atoms with Crippen molar-refractivity contribution in [2.45, 2.75) is 13.0 Å². The summed E-state index contributed by atoms with van der Waals surface area (Å²) in [5, 5.41) is 11.0. The molecule has 0 saturated heterocycles. The second kappa shape index (κ2) is 7.40. The molecule has 7 nitrogen and oxygen atoms in total. The number of carbonyl (C=O) groups is 1. The van der Waals surface area contributed by atoms with E-state index in [4.69, 9.17) is 9.47 Å². The first kappa shape index (κ1) is 17.5. The maximum absolute atomic E-state index is 12.5. The van der Waals surface area contributed by atoms with Crippen LogP contribution >= 0.6 is 15.9 Å². The average molecular weight is 429 g/mol. The lowest BCUT2D eigenvalue weighted by molar-refractivity contribution is 0.0934. The van der Waals surface area contributed by atoms with Crippen molar-refractivity contribution < 1.29 is 14.3 Å². The van der Waals surface area contributed by atoms with Crippen LogP contribution in [0.15, 0.2) is 53.1 Å². The van der Waals surface area contributed by atoms with Gasteiger partial charge in [0.25, 0.3) is 5.91 Å². The molecule has 1 N–H and O–H groups in total. The fourth-order valence-corrected chi connectivity index (χ4v) is 3.04. The molecule has 1 aliphatic heterocycles. The molecule has 1 aliphatic rings. The van der Waals surface area contributed by atoms with Crippen molar-refractivity contribution >= 4 is 21.8 Å². The molecular formula is C19H17BrN4O3. The van der Waals surface area contributed by atoms with E-state index in [1.165, 1.54) is 4.68 Å². The first-order valence-electron chi connectivity index (χ1n) is 8.49. The van der Waals surface area contributed by atoms with Crippen LogP contribution in [0.25, 0.3) is 5.69 Å². The number of carbonyl (C=O) groups excluding carboxylic acids is 1. The van der Waals surface area contributed by atoms with Crippen LogP contribution in [0.3, 0.4) is 0 Å². The van der Waals surface area contributed by atoms with E-state index in [-0.39, 0.29) is 17.6 Å². The second-order valence-corrected chi connectivity index (χ2v) is 7.04. The third-order valence-corrected chi connectivity index (χ3v) is 4.76. The van der Waals surface area contributed by atoms with Crippen molar-refractivity contribution in [2.75, 3.05) is 13.2 Å². The van der Waals surface area contributed by atoms with E-state index in [0.717, 1.165) is 15.7 Å². The number of hydrogen-bond donors (Lipinski definition) is 1. The summed E-state index contributed by atoms with van der Waals surface area (Å²) in [7, 11) is 0. The van der Waals surface area contributed by atoms with Crippen LogP contribution in [0.1, 0.15) is 29.0 Å². The van der Waals surface area contributed by atoms with Crippen molar-refractivity contribution in [3.8, 4) is 17.2 Å². The third-order valence-electron chi connectivity index (χ3n) is 4.23. The van der Waals surface area contributed by atoms with Gasteiger partial charge in [0, 0.05) is 10.5 Å². The second-order valence-electron chi connectivity index (χ2n) is 6.12. The Bertz CT molecular complexity index is 971. The molecule has 3 aromatic rings. The maximum Gasteiger partial charge on any atom is 0.273 e. The molecule has 4 rings (SSSR count). The molecule has 27 heavy (non-hydrogen) atoms. The lowest BCUT2D eigenvalue weighted by atomic mass is 10.1. The van der Waals surface area contributed by atoms with Gasteiger partial charge in [-0.25, -0.2) is 4.68 Å². The van der Waals surface area contributed by atoms with Crippen molar-refractivity contribution in [1.29, 1.82) is 0 Å². The van der Waals surface area contributed by atoms with Crippen molar-refractivity contribution in [2.24, 2.45) is 0 Å². The van der Waals surface area contributed by atoms with Gasteiger partial charge in [-0.15, -0.1) is 5.10 Å². The Morgan fingerprint density at radius 2 is 1.89 bits per heavy atom. The Morgan fingerprint density at radius 1 is 1.15 bits per heavy atom. The lowest BCUT2D eigenvalue weighted by Crippen LogP contribution is -2.26. The summed E-state index contributed by atoms with van der Waals surface area (Å²) in [5.74, 6) is 1.07. The summed E-state index contributed by atoms with van der Waals surface area (Å²) >= 11 is 3.40. The predicted molar refractivity (Wildman–Crippen MR) is 102 cm³/mol. The molecule has 138 valence electrons. The molecule has 0 bridgehead atoms. The van der Waals surface area contributed by atoms with Gasteiger partial charge in [-0.3, -0.25) is 4.79 Å². The Labute approximate surface area is 164 Å². The number of fused-ring (bicyclic) bond motifs is 1. The molecule has 0 radical (unpaired) electrons. The molecule has 1 atom stereocenters. The number of benzene rings is 2. The lowest BCUT2D eigenvalue weighted by Gasteiger charge is -2.18. The monoisotopic (exact) mass is 428 g/mol. The van der Waals surface area contributed by atoms with E-state index in [9.17, 15) is 4.79 Å². The van der Waals surface area contributed by atoms with Crippen LogP contribution in [0, 0.1) is 0 Å². The molecule has 2 aromatic carbocycles. The molecule has 0 saturated carbocycles. The average Bonchev–Trinajstić information content (AvgIpc) is 3.18. The zero-order valence-corrected chi connectivity index (χ0v) is 16.1. The first-order valence-corrected chi connectivity index (χ1v) is 9.28. The number of ether oxygens (including phenoxy) is 2. The molecule has 0 aliphatic carbocycles. The highest BCUT2D eigenvalue weighted by Crippen LogP contribution is 2.31. The van der Waals surface area contributed by atoms with Crippen molar-refractivity contribution in [1.82, 2.24) is 20.3 Å². The molecule has 8 heteroatoms. The fraction of sp³-hybridized carbons (Fsp3) is 0.211. The molecule has 0 unspecified atom stereocenters. The highest BCUT2D eigenvalue weighted by Gasteiger charge is 2.17. The number of nitrogens with zero attached hydrogens (tertiary/aromatic N) is 3. The first-order chi connectivity index (χ1) is 13.1. The normalized spacial score (nSPS) is 13.9. The Kier molecular flexibility index (Phi) is 4.81. The minimum atomic E-state index is -0.283. The zero-order chi connectivity index (χ0) is 18.8. The van der Waals surface area contributed by atoms with Gasteiger partial charge in [-0.1, -0.05) is 33.3 Å². The third kappa shape index (κ3) is 3.80. The molecule has 0 fully saturated rings. The Balaban J connectivity index is 1.48. The van der Waals surface area contributed by atoms with Gasteiger partial charge >= 0.3 is 0 Å². The van der Waals surface area contributed by atoms with Crippen molar-refractivity contribution in [3.63, 3.8) is 0 Å². The Morgan fingerprint density at radius 3 is 2.67 bits per heavy atom. The highest BCUT2D eigenvalue weighted by molar-refractivity contribution is 9.10. The summed E-state index contributed by atoms with van der Waals surface area (Å²) < 4.78 is 13.6. The van der Waals surface area contributed by atoms with Crippen LogP contribution in [0.2, 0.25) is 0 Å². The van der Waals surface area contributed by atoms with E-state index in [1.807, 2.05) is 49.4 Å². The van der Waals surface area contributed by atoms with Gasteiger partial charge < -0.3 is 14.8 Å². The number of rotatable bonds is 4. The van der Waals surface area contributed by atoms with E-state index in [0.29, 0.717) is 24.7 Å². The van der Waals surface area contributed by atoms with Crippen LogP contribution < -0.4 is 14.8 Å². The molecule has 2 heterocycles. The Hall–Kier alpha value is -2.87. The number of hydrogen-bond acceptors (Lipinski definition) is 5. The molecule has 0 spiro atoms. The predicted octanol–water partition coefficient (Wildman–Crippen LogP) is 3.29. The zero-order valence-electron chi connectivity index (χ0n) is 14.6. The topological polar surface area (TPSA) is 78.3 Å². The van der Waals surface area contributed by atoms with Gasteiger partial charge in [-0.05, 0) is 36.8 Å². The fourth-order valence-electron chi connectivity index (χ4n) is 2.77. The molecule has 1 aromatic heterocycles. The van der Waals surface area contributed by atoms with E-state index >= 15 is 0 Å². The van der Waals surface area contributed by atoms with E-state index < -0.39 is 0 Å². The van der Waals surface area contributed by atoms with Gasteiger partial charge in [-0.2, -0.15) is 0 Å². The molecule has 1 amide bonds. The summed E-state index contributed by atoms with van der Waals surface area (Å²) in [6, 6.07) is 13.1. The SMILES string of the molecule is C[C@@H](NC(=O)c1cn(-c2ccc3c(c2)OCCO3)nn1)c1ccc(Br)cc1. The van der Waals surface area contributed by atoms with Gasteiger partial charge in [0.15, 0.2) is 17.2 Å². The van der Waals surface area contributed by atoms with Gasteiger partial charge in [0.1, 0.15) is 13.2 Å². The molecular weight excluding hydrogens is 412 g/mol. The van der Waals surface area contributed by atoms with Crippen LogP contribution in [0.4, 0.5) is 0 Å². The van der Waals surface area contributed by atoms with E-state index in [1.54, 1.807) is 6.20 Å². The quantitative estimate of drug-likeness (QED) is 0.689. The maximum atomic E-state index is 12.5. The summed E-state index contributed by atoms with van der Waals surface area (Å²) in [4.78, 5) is 12.5. The number of nitrogens with one attached hydrogen (secondary N) is 1. The van der Waals surface area contributed by atoms with Gasteiger partial charge in [0.05, 0.1) is 17.9 Å². The summed E-state index contributed by atoms with van der Waals surface area (Å²) in [6.45, 7) is 2.97. The van der Waals surface area contributed by atoms with Crippen LogP contribution in [-0.2, 0) is 0 Å². The summed E-state index contributed by atoms with van der Waals surface area (Å²) in [6.07, 6.45) is 1.59. The smallest absolute Gasteiger partial charge is 0.273 e. The van der Waals surface area contributed by atoms with Gasteiger partial charge in [0.2, 0.25) is 0 Å². The van der Waals surface area contributed by atoms with Crippen molar-refractivity contribution in [3.05, 3.63) is 64.4 Å². The number of halogens is 1. The number of aromatic nitrogens is 3. The largest absolute Gasteiger partial charge is 0.486 e. The standard InChI is InChI=1S/C19H17BrN4O3/c1-12(13-2-4-14(20)5-3-13)21-19(25)16-11-24(23-22-16)15-6-7-17-18(10-15)27-9-8-26-17/h2-7,10-12H,8-9H2,1H3,(H,21,25)/t12-/m1/s1. The minimum absolute atomic E-state index is 0.148. The summed E-state index contributed by atoms with van der Waals surface area (Å²) in [5.41, 5.74) is 1.99.